The molecule has 1 saturated heterocycles. The Morgan fingerprint density at radius 2 is 2.42 bits per heavy atom. The summed E-state index contributed by atoms with van der Waals surface area (Å²) < 4.78 is 1.14. The number of amides is 1. The average molecular weight is 275 g/mol. The monoisotopic (exact) mass is 275 g/mol. The van der Waals surface area contributed by atoms with Crippen LogP contribution in [0.15, 0.2) is 23.7 Å². The van der Waals surface area contributed by atoms with Gasteiger partial charge in [-0.15, -0.1) is 11.3 Å². The van der Waals surface area contributed by atoms with E-state index in [1.165, 1.54) is 0 Å². The molecular formula is C14H17N3OS. The van der Waals surface area contributed by atoms with Crippen LogP contribution in [-0.4, -0.2) is 30.0 Å². The number of aromatic nitrogens is 1. The van der Waals surface area contributed by atoms with E-state index in [4.69, 9.17) is 0 Å². The Hall–Kier alpha value is -1.46. The van der Waals surface area contributed by atoms with Gasteiger partial charge in [-0.1, -0.05) is 6.92 Å². The summed E-state index contributed by atoms with van der Waals surface area (Å²) in [5, 5.41) is 3.27. The molecule has 0 bridgehead atoms. The van der Waals surface area contributed by atoms with Crippen LogP contribution in [0.5, 0.6) is 0 Å². The summed E-state index contributed by atoms with van der Waals surface area (Å²) in [7, 11) is 0. The molecule has 1 atom stereocenters. The number of nitrogens with zero attached hydrogens (tertiary/aromatic N) is 2. The highest BCUT2D eigenvalue weighted by molar-refractivity contribution is 7.16. The van der Waals surface area contributed by atoms with Gasteiger partial charge in [-0.3, -0.25) is 4.79 Å². The largest absolute Gasteiger partial charge is 0.311 e. The molecule has 1 aromatic heterocycles. The highest BCUT2D eigenvalue weighted by Gasteiger charge is 2.28. The zero-order chi connectivity index (χ0) is 13.2. The summed E-state index contributed by atoms with van der Waals surface area (Å²) in [5.74, 6) is 0.192. The van der Waals surface area contributed by atoms with Gasteiger partial charge in [0.25, 0.3) is 0 Å². The summed E-state index contributed by atoms with van der Waals surface area (Å²) in [6.45, 7) is 3.68. The lowest BCUT2D eigenvalue weighted by Gasteiger charge is -2.32. The van der Waals surface area contributed by atoms with E-state index in [1.54, 1.807) is 11.3 Å². The summed E-state index contributed by atoms with van der Waals surface area (Å²) in [6.07, 6.45) is 1.98. The molecule has 2 heterocycles. The Balaban J connectivity index is 1.89. The van der Waals surface area contributed by atoms with Crippen LogP contribution in [0.4, 0.5) is 5.69 Å². The molecule has 4 nitrogen and oxygen atoms in total. The van der Waals surface area contributed by atoms with Crippen LogP contribution in [0, 0.1) is 0 Å². The summed E-state index contributed by atoms with van der Waals surface area (Å²) >= 11 is 1.61. The smallest absolute Gasteiger partial charge is 0.244 e. The maximum absolute atomic E-state index is 12.4. The first kappa shape index (κ1) is 12.6. The molecule has 2 aromatic rings. The molecule has 0 radical (unpaired) electrons. The molecule has 0 saturated carbocycles. The Bertz CT molecular complexity index is 593. The van der Waals surface area contributed by atoms with Crippen LogP contribution in [0.3, 0.4) is 0 Å². The van der Waals surface area contributed by atoms with Crippen LogP contribution in [0.25, 0.3) is 10.2 Å². The number of benzene rings is 1. The van der Waals surface area contributed by atoms with Crippen molar-refractivity contribution in [3.8, 4) is 0 Å². The van der Waals surface area contributed by atoms with Gasteiger partial charge in [0.1, 0.15) is 0 Å². The van der Waals surface area contributed by atoms with Crippen LogP contribution in [0.2, 0.25) is 0 Å². The molecule has 1 aliphatic heterocycles. The molecule has 1 unspecified atom stereocenters. The molecule has 100 valence electrons. The van der Waals surface area contributed by atoms with Crippen molar-refractivity contribution in [2.75, 3.05) is 18.0 Å². The molecule has 0 aliphatic carbocycles. The Labute approximate surface area is 116 Å². The lowest BCUT2D eigenvalue weighted by atomic mass is 10.0. The van der Waals surface area contributed by atoms with Gasteiger partial charge in [0, 0.05) is 12.2 Å². The van der Waals surface area contributed by atoms with Crippen molar-refractivity contribution >= 4 is 33.1 Å². The van der Waals surface area contributed by atoms with E-state index >= 15 is 0 Å². The second kappa shape index (κ2) is 5.27. The quantitative estimate of drug-likeness (QED) is 0.935. The van der Waals surface area contributed by atoms with Crippen LogP contribution in [0.1, 0.15) is 19.8 Å². The second-order valence-corrected chi connectivity index (χ2v) is 5.63. The molecule has 1 aromatic carbocycles. The predicted molar refractivity (Wildman–Crippen MR) is 78.7 cm³/mol. The van der Waals surface area contributed by atoms with E-state index in [2.05, 4.69) is 16.4 Å². The van der Waals surface area contributed by atoms with E-state index in [0.717, 1.165) is 41.8 Å². The Morgan fingerprint density at radius 3 is 3.26 bits per heavy atom. The number of nitrogens with one attached hydrogen (secondary N) is 1. The van der Waals surface area contributed by atoms with Crippen molar-refractivity contribution in [1.82, 2.24) is 10.3 Å². The van der Waals surface area contributed by atoms with Crippen LogP contribution < -0.4 is 10.2 Å². The molecule has 1 fully saturated rings. The molecule has 5 heteroatoms. The van der Waals surface area contributed by atoms with Crippen LogP contribution >= 0.6 is 11.3 Å². The molecular weight excluding hydrogens is 258 g/mol. The fourth-order valence-corrected chi connectivity index (χ4v) is 3.29. The number of thiazole rings is 1. The first-order valence-electron chi connectivity index (χ1n) is 6.67. The average Bonchev–Trinajstić information content (AvgIpc) is 2.88. The SMILES string of the molecule is CCNC1CCCN(c2ccc3ncsc3c2)C1=O. The Kier molecular flexibility index (Phi) is 3.48. The molecule has 1 N–H and O–H groups in total. The summed E-state index contributed by atoms with van der Waals surface area (Å²) in [4.78, 5) is 18.6. The highest BCUT2D eigenvalue weighted by Crippen LogP contribution is 2.27. The minimum atomic E-state index is -0.0316. The van der Waals surface area contributed by atoms with Crippen LogP contribution in [-0.2, 0) is 4.79 Å². The van der Waals surface area contributed by atoms with E-state index in [9.17, 15) is 4.79 Å². The molecule has 3 rings (SSSR count). The zero-order valence-corrected chi connectivity index (χ0v) is 11.7. The molecule has 0 spiro atoms. The maximum atomic E-state index is 12.4. The number of likely N-dealkylation sites (N-methyl/N-ethyl adjacent to an activating group) is 1. The van der Waals surface area contributed by atoms with Crippen molar-refractivity contribution in [1.29, 1.82) is 0 Å². The maximum Gasteiger partial charge on any atom is 0.244 e. The Morgan fingerprint density at radius 1 is 1.53 bits per heavy atom. The lowest BCUT2D eigenvalue weighted by Crippen LogP contribution is -2.50. The minimum Gasteiger partial charge on any atom is -0.311 e. The molecule has 19 heavy (non-hydrogen) atoms. The molecule has 1 amide bonds. The predicted octanol–water partition coefficient (Wildman–Crippen LogP) is 2.40. The number of hydrogen-bond donors (Lipinski definition) is 1. The summed E-state index contributed by atoms with van der Waals surface area (Å²) in [6, 6.07) is 6.02. The minimum absolute atomic E-state index is 0.0316. The third kappa shape index (κ3) is 2.35. The fourth-order valence-electron chi connectivity index (χ4n) is 2.58. The lowest BCUT2D eigenvalue weighted by molar-refractivity contribution is -0.121. The van der Waals surface area contributed by atoms with Gasteiger partial charge >= 0.3 is 0 Å². The standard InChI is InChI=1S/C14H17N3OS/c1-2-15-12-4-3-7-17(14(12)18)10-5-6-11-13(8-10)19-9-16-11/h5-6,8-9,12,15H,2-4,7H2,1H3. The van der Waals surface area contributed by atoms with Gasteiger partial charge in [-0.05, 0) is 37.6 Å². The third-order valence-corrected chi connectivity index (χ3v) is 4.31. The fraction of sp³-hybridized carbons (Fsp3) is 0.429. The second-order valence-electron chi connectivity index (χ2n) is 4.75. The van der Waals surface area contributed by atoms with Crippen molar-refractivity contribution in [3.05, 3.63) is 23.7 Å². The number of hydrogen-bond acceptors (Lipinski definition) is 4. The summed E-state index contributed by atoms with van der Waals surface area (Å²) in [5.41, 5.74) is 3.83. The van der Waals surface area contributed by atoms with Gasteiger partial charge in [0.15, 0.2) is 0 Å². The van der Waals surface area contributed by atoms with Crippen molar-refractivity contribution in [2.24, 2.45) is 0 Å². The van der Waals surface area contributed by atoms with Gasteiger partial charge in [0.05, 0.1) is 21.8 Å². The zero-order valence-electron chi connectivity index (χ0n) is 10.9. The first-order valence-corrected chi connectivity index (χ1v) is 7.55. The van der Waals surface area contributed by atoms with E-state index < -0.39 is 0 Å². The van der Waals surface area contributed by atoms with E-state index in [1.807, 2.05) is 29.5 Å². The van der Waals surface area contributed by atoms with Gasteiger partial charge < -0.3 is 10.2 Å². The van der Waals surface area contributed by atoms with Crippen molar-refractivity contribution in [2.45, 2.75) is 25.8 Å². The first-order chi connectivity index (χ1) is 9.29. The molecule has 1 aliphatic rings. The van der Waals surface area contributed by atoms with E-state index in [0.29, 0.717) is 0 Å². The van der Waals surface area contributed by atoms with E-state index in [-0.39, 0.29) is 11.9 Å². The number of fused-ring (bicyclic) bond motifs is 1. The van der Waals surface area contributed by atoms with Gasteiger partial charge in [-0.2, -0.15) is 0 Å². The third-order valence-electron chi connectivity index (χ3n) is 3.52. The van der Waals surface area contributed by atoms with Gasteiger partial charge in [-0.25, -0.2) is 4.98 Å². The van der Waals surface area contributed by atoms with Crippen molar-refractivity contribution < 1.29 is 4.79 Å². The highest BCUT2D eigenvalue weighted by atomic mass is 32.1. The normalized spacial score (nSPS) is 20.2. The number of carbonyl (C=O) groups is 1. The number of anilines is 1. The number of rotatable bonds is 3. The number of piperidine rings is 1. The van der Waals surface area contributed by atoms with Gasteiger partial charge in [0.2, 0.25) is 5.91 Å². The number of carbonyl (C=O) groups excluding carboxylic acids is 1. The van der Waals surface area contributed by atoms with Crippen molar-refractivity contribution in [3.63, 3.8) is 0 Å². The topological polar surface area (TPSA) is 45.2 Å².